The van der Waals surface area contributed by atoms with Gasteiger partial charge in [-0.15, -0.1) is 0 Å². The predicted molar refractivity (Wildman–Crippen MR) is 63.8 cm³/mol. The van der Waals surface area contributed by atoms with Crippen LogP contribution < -0.4 is 0 Å². The number of carbonyl (C=O) groups excluding carboxylic acids is 1. The van der Waals surface area contributed by atoms with Crippen LogP contribution in [0.5, 0.6) is 0 Å². The van der Waals surface area contributed by atoms with Gasteiger partial charge in [0.2, 0.25) is 0 Å². The Morgan fingerprint density at radius 3 is 2.94 bits per heavy atom. The van der Waals surface area contributed by atoms with Crippen molar-refractivity contribution in [3.63, 3.8) is 0 Å². The Morgan fingerprint density at radius 2 is 2.25 bits per heavy atom. The summed E-state index contributed by atoms with van der Waals surface area (Å²) in [5.41, 5.74) is 1.72. The van der Waals surface area contributed by atoms with E-state index in [1.54, 1.807) is 7.11 Å². The van der Waals surface area contributed by atoms with E-state index in [1.165, 1.54) is 0 Å². The van der Waals surface area contributed by atoms with E-state index in [0.29, 0.717) is 0 Å². The first-order chi connectivity index (χ1) is 7.76. The van der Waals surface area contributed by atoms with Gasteiger partial charge < -0.3 is 9.30 Å². The second kappa shape index (κ2) is 4.49. The number of hydrogen-bond donors (Lipinski definition) is 0. The molecule has 84 valence electrons. The second-order valence-electron chi connectivity index (χ2n) is 3.92. The monoisotopic (exact) mass is 217 g/mol. The molecule has 0 aliphatic rings. The van der Waals surface area contributed by atoms with Gasteiger partial charge in [-0.3, -0.25) is 4.79 Å². The van der Waals surface area contributed by atoms with Crippen molar-refractivity contribution in [3.05, 3.63) is 36.0 Å². The molecule has 0 saturated carbocycles. The van der Waals surface area contributed by atoms with Crippen molar-refractivity contribution < 1.29 is 9.53 Å². The molecule has 0 radical (unpaired) electrons. The molecule has 1 aromatic carbocycles. The summed E-state index contributed by atoms with van der Waals surface area (Å²) in [6.07, 6.45) is 3.03. The van der Waals surface area contributed by atoms with Gasteiger partial charge in [-0.25, -0.2) is 0 Å². The summed E-state index contributed by atoms with van der Waals surface area (Å²) >= 11 is 0. The molecule has 0 spiro atoms. The molecule has 1 atom stereocenters. The number of nitrogens with zero attached hydrogens (tertiary/aromatic N) is 1. The number of carbonyl (C=O) groups is 1. The van der Waals surface area contributed by atoms with Gasteiger partial charge in [0.05, 0.1) is 11.6 Å². The number of methoxy groups -OCH3 is 1. The lowest BCUT2D eigenvalue weighted by molar-refractivity contribution is 0.104. The maximum atomic E-state index is 11.0. The first-order valence-electron chi connectivity index (χ1n) is 5.32. The van der Waals surface area contributed by atoms with E-state index in [1.807, 2.05) is 37.4 Å². The average molecular weight is 217 g/mol. The fourth-order valence-corrected chi connectivity index (χ4v) is 1.89. The molecule has 0 aliphatic heterocycles. The van der Waals surface area contributed by atoms with E-state index in [-0.39, 0.29) is 6.10 Å². The van der Waals surface area contributed by atoms with Crippen LogP contribution in [-0.4, -0.2) is 24.1 Å². The zero-order chi connectivity index (χ0) is 11.5. The quantitative estimate of drug-likeness (QED) is 0.737. The molecule has 0 aliphatic carbocycles. The van der Waals surface area contributed by atoms with Gasteiger partial charge in [0.15, 0.2) is 6.29 Å². The highest BCUT2D eigenvalue weighted by molar-refractivity contribution is 5.96. The van der Waals surface area contributed by atoms with E-state index in [9.17, 15) is 4.79 Å². The van der Waals surface area contributed by atoms with Gasteiger partial charge in [0, 0.05) is 30.8 Å². The number of fused-ring (bicyclic) bond motifs is 1. The van der Waals surface area contributed by atoms with Crippen molar-refractivity contribution in [1.29, 1.82) is 0 Å². The van der Waals surface area contributed by atoms with Crippen LogP contribution >= 0.6 is 0 Å². The molecule has 2 aromatic rings. The summed E-state index contributed by atoms with van der Waals surface area (Å²) in [7, 11) is 1.69. The number of aldehydes is 1. The fourth-order valence-electron chi connectivity index (χ4n) is 1.89. The smallest absolute Gasteiger partial charge is 0.152 e. The Labute approximate surface area is 94.6 Å². The van der Waals surface area contributed by atoms with Crippen molar-refractivity contribution in [3.8, 4) is 0 Å². The molecular weight excluding hydrogens is 202 g/mol. The lowest BCUT2D eigenvalue weighted by Gasteiger charge is -2.12. The minimum absolute atomic E-state index is 0.135. The van der Waals surface area contributed by atoms with E-state index >= 15 is 0 Å². The number of benzene rings is 1. The molecule has 0 N–H and O–H groups in total. The van der Waals surface area contributed by atoms with Crippen LogP contribution in [0.3, 0.4) is 0 Å². The molecule has 1 heterocycles. The van der Waals surface area contributed by atoms with Crippen LogP contribution in [0.15, 0.2) is 30.5 Å². The highest BCUT2D eigenvalue weighted by Crippen LogP contribution is 2.19. The Morgan fingerprint density at radius 1 is 1.44 bits per heavy atom. The zero-order valence-electron chi connectivity index (χ0n) is 9.51. The number of hydrogen-bond acceptors (Lipinski definition) is 2. The number of ether oxygens (including phenoxy) is 1. The summed E-state index contributed by atoms with van der Waals surface area (Å²) in [5.74, 6) is 0. The first-order valence-corrected chi connectivity index (χ1v) is 5.32. The highest BCUT2D eigenvalue weighted by atomic mass is 16.5. The van der Waals surface area contributed by atoms with Crippen molar-refractivity contribution in [1.82, 2.24) is 4.57 Å². The summed E-state index contributed by atoms with van der Waals surface area (Å²) in [6.45, 7) is 2.76. The van der Waals surface area contributed by atoms with Crippen molar-refractivity contribution in [2.24, 2.45) is 0 Å². The summed E-state index contributed by atoms with van der Waals surface area (Å²) in [5, 5.41) is 1.09. The van der Waals surface area contributed by atoms with E-state index in [2.05, 4.69) is 4.57 Å². The molecule has 0 fully saturated rings. The third kappa shape index (κ3) is 1.86. The Balaban J connectivity index is 2.49. The summed E-state index contributed by atoms with van der Waals surface area (Å²) in [6, 6.07) is 7.76. The molecule has 3 nitrogen and oxygen atoms in total. The zero-order valence-corrected chi connectivity index (χ0v) is 9.51. The molecule has 2 rings (SSSR count). The minimum Gasteiger partial charge on any atom is -0.380 e. The van der Waals surface area contributed by atoms with Gasteiger partial charge >= 0.3 is 0 Å². The van der Waals surface area contributed by atoms with Gasteiger partial charge in [0.1, 0.15) is 0 Å². The minimum atomic E-state index is 0.135. The highest BCUT2D eigenvalue weighted by Gasteiger charge is 2.08. The van der Waals surface area contributed by atoms with E-state index in [0.717, 1.165) is 29.3 Å². The van der Waals surface area contributed by atoms with Crippen LogP contribution in [0, 0.1) is 0 Å². The van der Waals surface area contributed by atoms with Gasteiger partial charge in [-0.1, -0.05) is 12.1 Å². The molecule has 0 bridgehead atoms. The van der Waals surface area contributed by atoms with Gasteiger partial charge in [-0.2, -0.15) is 0 Å². The van der Waals surface area contributed by atoms with Gasteiger partial charge in [-0.05, 0) is 19.1 Å². The number of para-hydroxylation sites is 1. The Hall–Kier alpha value is -1.61. The molecule has 1 unspecified atom stereocenters. The van der Waals surface area contributed by atoms with E-state index < -0.39 is 0 Å². The lowest BCUT2D eigenvalue weighted by Crippen LogP contribution is -2.14. The summed E-state index contributed by atoms with van der Waals surface area (Å²) < 4.78 is 7.30. The second-order valence-corrected chi connectivity index (χ2v) is 3.92. The Bertz CT molecular complexity index is 502. The Kier molecular flexibility index (Phi) is 3.06. The van der Waals surface area contributed by atoms with Crippen LogP contribution in [0.25, 0.3) is 10.9 Å². The standard InChI is InChI=1S/C13H15NO2/c1-10(16-2)8-14-7-6-11-4-3-5-12(9-15)13(11)14/h3-7,9-10H,8H2,1-2H3. The van der Waals surface area contributed by atoms with Gasteiger partial charge in [0.25, 0.3) is 0 Å². The number of aromatic nitrogens is 1. The maximum absolute atomic E-state index is 11.0. The third-order valence-corrected chi connectivity index (χ3v) is 2.80. The molecule has 0 amide bonds. The fraction of sp³-hybridized carbons (Fsp3) is 0.308. The van der Waals surface area contributed by atoms with Crippen LogP contribution in [0.4, 0.5) is 0 Å². The van der Waals surface area contributed by atoms with Crippen LogP contribution in [0.1, 0.15) is 17.3 Å². The number of rotatable bonds is 4. The first kappa shape index (κ1) is 10.9. The SMILES string of the molecule is COC(C)Cn1ccc2cccc(C=O)c21. The predicted octanol–water partition coefficient (Wildman–Crippen LogP) is 2.49. The normalized spacial score (nSPS) is 12.9. The molecular formula is C13H15NO2. The lowest BCUT2D eigenvalue weighted by atomic mass is 10.1. The van der Waals surface area contributed by atoms with Crippen molar-refractivity contribution in [2.75, 3.05) is 7.11 Å². The topological polar surface area (TPSA) is 31.2 Å². The maximum Gasteiger partial charge on any atom is 0.152 e. The molecule has 1 aromatic heterocycles. The van der Waals surface area contributed by atoms with Crippen LogP contribution in [-0.2, 0) is 11.3 Å². The van der Waals surface area contributed by atoms with E-state index in [4.69, 9.17) is 4.74 Å². The van der Waals surface area contributed by atoms with Crippen molar-refractivity contribution >= 4 is 17.2 Å². The third-order valence-electron chi connectivity index (χ3n) is 2.80. The average Bonchev–Trinajstić information content (AvgIpc) is 2.72. The molecule has 3 heteroatoms. The molecule has 0 saturated heterocycles. The summed E-state index contributed by atoms with van der Waals surface area (Å²) in [4.78, 5) is 11.0. The molecule has 16 heavy (non-hydrogen) atoms. The van der Waals surface area contributed by atoms with Crippen molar-refractivity contribution in [2.45, 2.75) is 19.6 Å². The van der Waals surface area contributed by atoms with Crippen LogP contribution in [0.2, 0.25) is 0 Å². The largest absolute Gasteiger partial charge is 0.380 e.